The van der Waals surface area contributed by atoms with E-state index in [1.807, 2.05) is 0 Å². The van der Waals surface area contributed by atoms with E-state index >= 15 is 0 Å². The van der Waals surface area contributed by atoms with Gasteiger partial charge in [-0.2, -0.15) is 0 Å². The highest BCUT2D eigenvalue weighted by atomic mass is 14.9. The van der Waals surface area contributed by atoms with Crippen LogP contribution in [0.25, 0.3) is 0 Å². The molecule has 17 heavy (non-hydrogen) atoms. The van der Waals surface area contributed by atoms with Crippen LogP contribution in [-0.2, 0) is 0 Å². The van der Waals surface area contributed by atoms with Crippen LogP contribution in [0.4, 0.5) is 0 Å². The van der Waals surface area contributed by atoms with Crippen LogP contribution in [0.2, 0.25) is 0 Å². The molecule has 0 aromatic rings. The summed E-state index contributed by atoms with van der Waals surface area (Å²) < 4.78 is 0. The van der Waals surface area contributed by atoms with Crippen molar-refractivity contribution in [1.29, 1.82) is 0 Å². The van der Waals surface area contributed by atoms with Gasteiger partial charge in [-0.25, -0.2) is 0 Å². The third-order valence-electron chi connectivity index (χ3n) is 5.24. The van der Waals surface area contributed by atoms with Gasteiger partial charge >= 0.3 is 0 Å². The molecule has 0 heterocycles. The minimum Gasteiger partial charge on any atom is -0.313 e. The molecule has 0 saturated heterocycles. The first-order valence-corrected chi connectivity index (χ1v) is 8.03. The van der Waals surface area contributed by atoms with Gasteiger partial charge in [0, 0.05) is 6.04 Å². The van der Waals surface area contributed by atoms with E-state index < -0.39 is 0 Å². The molecule has 2 fully saturated rings. The Morgan fingerprint density at radius 3 is 2.35 bits per heavy atom. The Kier molecular flexibility index (Phi) is 5.34. The molecule has 0 bridgehead atoms. The predicted molar refractivity (Wildman–Crippen MR) is 75.2 cm³/mol. The van der Waals surface area contributed by atoms with E-state index in [9.17, 15) is 0 Å². The Morgan fingerprint density at radius 2 is 1.65 bits per heavy atom. The van der Waals surface area contributed by atoms with Crippen molar-refractivity contribution in [3.63, 3.8) is 0 Å². The molecule has 100 valence electrons. The van der Waals surface area contributed by atoms with E-state index in [2.05, 4.69) is 19.2 Å². The van der Waals surface area contributed by atoms with E-state index in [4.69, 9.17) is 0 Å². The van der Waals surface area contributed by atoms with Gasteiger partial charge in [0.2, 0.25) is 0 Å². The summed E-state index contributed by atoms with van der Waals surface area (Å²) in [6.45, 7) is 6.08. The van der Waals surface area contributed by atoms with Crippen LogP contribution < -0.4 is 5.32 Å². The minimum atomic E-state index is 0.841. The molecule has 2 unspecified atom stereocenters. The van der Waals surface area contributed by atoms with Gasteiger partial charge in [0.1, 0.15) is 0 Å². The lowest BCUT2D eigenvalue weighted by atomic mass is 9.81. The van der Waals surface area contributed by atoms with Crippen LogP contribution in [0.15, 0.2) is 0 Å². The van der Waals surface area contributed by atoms with Gasteiger partial charge in [0.05, 0.1) is 0 Å². The molecule has 0 spiro atoms. The highest BCUT2D eigenvalue weighted by Gasteiger charge is 2.25. The maximum Gasteiger partial charge on any atom is 0.00953 e. The van der Waals surface area contributed by atoms with Gasteiger partial charge in [0.25, 0.3) is 0 Å². The van der Waals surface area contributed by atoms with Crippen molar-refractivity contribution in [1.82, 2.24) is 5.32 Å². The normalized spacial score (nSPS) is 39.2. The first-order chi connectivity index (χ1) is 8.29. The Bertz CT molecular complexity index is 206. The van der Waals surface area contributed by atoms with Crippen LogP contribution in [-0.4, -0.2) is 12.6 Å². The van der Waals surface area contributed by atoms with Crippen molar-refractivity contribution in [3.05, 3.63) is 0 Å². The summed E-state index contributed by atoms with van der Waals surface area (Å²) >= 11 is 0. The van der Waals surface area contributed by atoms with Crippen molar-refractivity contribution in [2.75, 3.05) is 6.54 Å². The third-order valence-corrected chi connectivity index (χ3v) is 5.24. The highest BCUT2D eigenvalue weighted by Crippen LogP contribution is 2.30. The second kappa shape index (κ2) is 6.78. The quantitative estimate of drug-likeness (QED) is 0.765. The lowest BCUT2D eigenvalue weighted by Crippen LogP contribution is -2.41. The first-order valence-electron chi connectivity index (χ1n) is 8.03. The van der Waals surface area contributed by atoms with Gasteiger partial charge < -0.3 is 5.32 Å². The zero-order chi connectivity index (χ0) is 12.1. The molecule has 2 atom stereocenters. The summed E-state index contributed by atoms with van der Waals surface area (Å²) in [5, 5.41) is 3.91. The van der Waals surface area contributed by atoms with Crippen LogP contribution >= 0.6 is 0 Å². The molecular weight excluding hydrogens is 206 g/mol. The summed E-state index contributed by atoms with van der Waals surface area (Å²) in [7, 11) is 0. The standard InChI is InChI=1S/C16H31N/c1-3-15-6-4-5-7-16(15)17-12-14-10-8-13(2)9-11-14/h13-17H,3-12H2,1-2H3. The largest absolute Gasteiger partial charge is 0.313 e. The van der Waals surface area contributed by atoms with E-state index in [1.165, 1.54) is 64.3 Å². The molecule has 2 aliphatic carbocycles. The molecule has 0 aliphatic heterocycles. The topological polar surface area (TPSA) is 12.0 Å². The summed E-state index contributed by atoms with van der Waals surface area (Å²) in [5.74, 6) is 2.93. The van der Waals surface area contributed by atoms with Crippen LogP contribution in [0.1, 0.15) is 71.6 Å². The number of hydrogen-bond acceptors (Lipinski definition) is 1. The second-order valence-corrected chi connectivity index (χ2v) is 6.59. The van der Waals surface area contributed by atoms with E-state index in [1.54, 1.807) is 0 Å². The van der Waals surface area contributed by atoms with Crippen molar-refractivity contribution in [2.45, 2.75) is 77.7 Å². The van der Waals surface area contributed by atoms with Gasteiger partial charge in [0.15, 0.2) is 0 Å². The highest BCUT2D eigenvalue weighted by molar-refractivity contribution is 4.82. The number of nitrogens with one attached hydrogen (secondary N) is 1. The summed E-state index contributed by atoms with van der Waals surface area (Å²) in [6, 6.07) is 0.841. The second-order valence-electron chi connectivity index (χ2n) is 6.59. The fourth-order valence-corrected chi connectivity index (χ4v) is 3.82. The summed E-state index contributed by atoms with van der Waals surface area (Å²) in [6.07, 6.45) is 13.1. The fraction of sp³-hybridized carbons (Fsp3) is 1.00. The molecule has 2 rings (SSSR count). The van der Waals surface area contributed by atoms with Crippen molar-refractivity contribution >= 4 is 0 Å². The molecule has 1 heteroatoms. The van der Waals surface area contributed by atoms with Crippen molar-refractivity contribution in [3.8, 4) is 0 Å². The molecular formula is C16H31N. The smallest absolute Gasteiger partial charge is 0.00953 e. The Morgan fingerprint density at radius 1 is 0.941 bits per heavy atom. The Hall–Kier alpha value is -0.0400. The molecule has 2 saturated carbocycles. The van der Waals surface area contributed by atoms with Crippen LogP contribution in [0.5, 0.6) is 0 Å². The molecule has 2 aliphatic rings. The van der Waals surface area contributed by atoms with Gasteiger partial charge in [-0.1, -0.05) is 46.0 Å². The Balaban J connectivity index is 1.69. The monoisotopic (exact) mass is 237 g/mol. The summed E-state index contributed by atoms with van der Waals surface area (Å²) in [4.78, 5) is 0. The average Bonchev–Trinajstić information content (AvgIpc) is 2.38. The fourth-order valence-electron chi connectivity index (χ4n) is 3.82. The molecule has 1 nitrogen and oxygen atoms in total. The molecule has 0 aromatic carbocycles. The van der Waals surface area contributed by atoms with Gasteiger partial charge in [-0.3, -0.25) is 0 Å². The van der Waals surface area contributed by atoms with E-state index in [0.717, 1.165) is 23.8 Å². The lowest BCUT2D eigenvalue weighted by Gasteiger charge is -2.34. The SMILES string of the molecule is CCC1CCCCC1NCC1CCC(C)CC1. The zero-order valence-corrected chi connectivity index (χ0v) is 11.9. The maximum absolute atomic E-state index is 3.91. The molecule has 0 radical (unpaired) electrons. The lowest BCUT2D eigenvalue weighted by molar-refractivity contribution is 0.221. The average molecular weight is 237 g/mol. The third kappa shape index (κ3) is 3.98. The first kappa shape index (κ1) is 13.4. The van der Waals surface area contributed by atoms with Crippen LogP contribution in [0.3, 0.4) is 0 Å². The van der Waals surface area contributed by atoms with E-state index in [-0.39, 0.29) is 0 Å². The van der Waals surface area contributed by atoms with E-state index in [0.29, 0.717) is 0 Å². The minimum absolute atomic E-state index is 0.841. The summed E-state index contributed by atoms with van der Waals surface area (Å²) in [5.41, 5.74) is 0. The van der Waals surface area contributed by atoms with Crippen molar-refractivity contribution in [2.24, 2.45) is 17.8 Å². The van der Waals surface area contributed by atoms with Gasteiger partial charge in [-0.15, -0.1) is 0 Å². The molecule has 0 aromatic heterocycles. The van der Waals surface area contributed by atoms with Crippen LogP contribution in [0, 0.1) is 17.8 Å². The predicted octanol–water partition coefficient (Wildman–Crippen LogP) is 4.37. The number of hydrogen-bond donors (Lipinski definition) is 1. The maximum atomic E-state index is 3.91. The Labute approximate surface area is 108 Å². The van der Waals surface area contributed by atoms with Gasteiger partial charge in [-0.05, 0) is 50.0 Å². The number of rotatable bonds is 4. The molecule has 0 amide bonds. The molecule has 1 N–H and O–H groups in total. The van der Waals surface area contributed by atoms with Crippen molar-refractivity contribution < 1.29 is 0 Å². The zero-order valence-electron chi connectivity index (χ0n) is 11.9.